The van der Waals surface area contributed by atoms with E-state index >= 15 is 0 Å². The van der Waals surface area contributed by atoms with E-state index in [2.05, 4.69) is 4.98 Å². The molecule has 0 saturated heterocycles. The highest BCUT2D eigenvalue weighted by Crippen LogP contribution is 2.20. The van der Waals surface area contributed by atoms with Crippen LogP contribution in [0.4, 0.5) is 0 Å². The van der Waals surface area contributed by atoms with Crippen molar-refractivity contribution in [2.24, 2.45) is 0 Å². The van der Waals surface area contributed by atoms with Crippen LogP contribution in [0.5, 0.6) is 0 Å². The fraction of sp³-hybridized carbons (Fsp3) is 0.308. The van der Waals surface area contributed by atoms with Gasteiger partial charge in [-0.2, -0.15) is 4.31 Å². The monoisotopic (exact) mass is 330 g/mol. The lowest BCUT2D eigenvalue weighted by Gasteiger charge is -2.16. The summed E-state index contributed by atoms with van der Waals surface area (Å²) in [6.07, 6.45) is 0. The lowest BCUT2D eigenvalue weighted by Crippen LogP contribution is -2.26. The molecule has 0 unspecified atom stereocenters. The van der Waals surface area contributed by atoms with Crippen molar-refractivity contribution in [3.63, 3.8) is 0 Å². The zero-order chi connectivity index (χ0) is 14.8. The van der Waals surface area contributed by atoms with Gasteiger partial charge >= 0.3 is 0 Å². The number of nitrogens with zero attached hydrogens (tertiary/aromatic N) is 2. The Balaban J connectivity index is 2.22. The highest BCUT2D eigenvalue weighted by molar-refractivity contribution is 7.89. The molecule has 0 spiro atoms. The Morgan fingerprint density at radius 2 is 1.95 bits per heavy atom. The van der Waals surface area contributed by atoms with E-state index in [-0.39, 0.29) is 4.90 Å². The Bertz CT molecular complexity index is 681. The quantitative estimate of drug-likeness (QED) is 0.792. The number of hydrogen-bond acceptors (Lipinski definition) is 4. The predicted molar refractivity (Wildman–Crippen MR) is 81.5 cm³/mol. The summed E-state index contributed by atoms with van der Waals surface area (Å²) >= 11 is 7.16. The molecule has 0 aliphatic carbocycles. The molecule has 0 radical (unpaired) electrons. The topological polar surface area (TPSA) is 50.3 Å². The SMILES string of the molecule is Cc1ncsc1CN(C)S(=O)(=O)c1ccc(CCl)cc1. The van der Waals surface area contributed by atoms with E-state index in [0.29, 0.717) is 12.4 Å². The maximum absolute atomic E-state index is 12.4. The Labute approximate surface area is 128 Å². The lowest BCUT2D eigenvalue weighted by atomic mass is 10.2. The number of alkyl halides is 1. The summed E-state index contributed by atoms with van der Waals surface area (Å²) in [4.78, 5) is 5.36. The number of rotatable bonds is 5. The summed E-state index contributed by atoms with van der Waals surface area (Å²) in [5, 5.41) is 0. The third-order valence-corrected chi connectivity index (χ3v) is 6.04. The van der Waals surface area contributed by atoms with Crippen LogP contribution in [-0.4, -0.2) is 24.8 Å². The van der Waals surface area contributed by atoms with Gasteiger partial charge in [0.15, 0.2) is 0 Å². The van der Waals surface area contributed by atoms with Crippen molar-refractivity contribution < 1.29 is 8.42 Å². The second-order valence-corrected chi connectivity index (χ2v) is 7.65. The number of aryl methyl sites for hydroxylation is 1. The minimum Gasteiger partial charge on any atom is -0.250 e. The van der Waals surface area contributed by atoms with E-state index in [9.17, 15) is 8.42 Å². The summed E-state index contributed by atoms with van der Waals surface area (Å²) < 4.78 is 26.2. The number of benzene rings is 1. The summed E-state index contributed by atoms with van der Waals surface area (Å²) in [6.45, 7) is 2.21. The summed E-state index contributed by atoms with van der Waals surface area (Å²) in [5.41, 5.74) is 3.49. The minimum absolute atomic E-state index is 0.274. The molecule has 0 saturated carbocycles. The van der Waals surface area contributed by atoms with Crippen LogP contribution in [0, 0.1) is 6.92 Å². The molecule has 0 N–H and O–H groups in total. The van der Waals surface area contributed by atoms with Gasteiger partial charge in [0.05, 0.1) is 16.1 Å². The number of halogens is 1. The van der Waals surface area contributed by atoms with Crippen LogP contribution in [0.25, 0.3) is 0 Å². The molecule has 7 heteroatoms. The van der Waals surface area contributed by atoms with Crippen LogP contribution < -0.4 is 0 Å². The van der Waals surface area contributed by atoms with Gasteiger partial charge < -0.3 is 0 Å². The number of thiazole rings is 1. The van der Waals surface area contributed by atoms with E-state index in [1.54, 1.807) is 36.8 Å². The molecule has 1 aromatic heterocycles. The molecule has 20 heavy (non-hydrogen) atoms. The van der Waals surface area contributed by atoms with E-state index in [1.807, 2.05) is 6.92 Å². The van der Waals surface area contributed by atoms with Crippen LogP contribution in [0.1, 0.15) is 16.1 Å². The molecule has 0 aliphatic rings. The normalized spacial score (nSPS) is 12.0. The molecule has 4 nitrogen and oxygen atoms in total. The average molecular weight is 331 g/mol. The highest BCUT2D eigenvalue weighted by atomic mass is 35.5. The van der Waals surface area contributed by atoms with Crippen molar-refractivity contribution in [2.75, 3.05) is 7.05 Å². The first-order valence-electron chi connectivity index (χ1n) is 5.95. The van der Waals surface area contributed by atoms with Crippen molar-refractivity contribution in [1.29, 1.82) is 0 Å². The smallest absolute Gasteiger partial charge is 0.243 e. The van der Waals surface area contributed by atoms with Gasteiger partial charge in [-0.3, -0.25) is 0 Å². The maximum atomic E-state index is 12.4. The van der Waals surface area contributed by atoms with Gasteiger partial charge in [0.25, 0.3) is 0 Å². The third-order valence-electron chi connectivity index (χ3n) is 3.00. The fourth-order valence-corrected chi connectivity index (χ4v) is 3.92. The summed E-state index contributed by atoms with van der Waals surface area (Å²) in [5.74, 6) is 0.371. The summed E-state index contributed by atoms with van der Waals surface area (Å²) in [7, 11) is -1.91. The molecule has 0 amide bonds. The largest absolute Gasteiger partial charge is 0.250 e. The lowest BCUT2D eigenvalue weighted by molar-refractivity contribution is 0.468. The molecule has 108 valence electrons. The van der Waals surface area contributed by atoms with E-state index < -0.39 is 10.0 Å². The molecule has 0 fully saturated rings. The van der Waals surface area contributed by atoms with Crippen molar-refractivity contribution in [3.8, 4) is 0 Å². The van der Waals surface area contributed by atoms with Gasteiger partial charge in [-0.25, -0.2) is 13.4 Å². The van der Waals surface area contributed by atoms with Gasteiger partial charge in [0.2, 0.25) is 10.0 Å². The first-order chi connectivity index (χ1) is 9.45. The first-order valence-corrected chi connectivity index (χ1v) is 8.81. The van der Waals surface area contributed by atoms with Crippen molar-refractivity contribution >= 4 is 33.0 Å². The number of aromatic nitrogens is 1. The van der Waals surface area contributed by atoms with Crippen LogP contribution in [0.3, 0.4) is 0 Å². The standard InChI is InChI=1S/C13H15ClN2O2S2/c1-10-13(19-9-15-10)8-16(2)20(17,18)12-5-3-11(7-14)4-6-12/h3-6,9H,7-8H2,1-2H3. The van der Waals surface area contributed by atoms with Gasteiger partial charge in [0, 0.05) is 24.3 Å². The van der Waals surface area contributed by atoms with E-state index in [0.717, 1.165) is 16.1 Å². The van der Waals surface area contributed by atoms with Gasteiger partial charge in [0.1, 0.15) is 0 Å². The molecule has 1 heterocycles. The van der Waals surface area contributed by atoms with Gasteiger partial charge in [-0.15, -0.1) is 22.9 Å². The molecule has 0 atom stereocenters. The maximum Gasteiger partial charge on any atom is 0.243 e. The molecule has 2 rings (SSSR count). The third kappa shape index (κ3) is 3.20. The van der Waals surface area contributed by atoms with Crippen LogP contribution in [0.15, 0.2) is 34.7 Å². The number of sulfonamides is 1. The Morgan fingerprint density at radius 1 is 1.30 bits per heavy atom. The number of hydrogen-bond donors (Lipinski definition) is 0. The molecule has 0 aliphatic heterocycles. The fourth-order valence-electron chi connectivity index (χ4n) is 1.70. The summed E-state index contributed by atoms with van der Waals surface area (Å²) in [6, 6.07) is 6.63. The molecular weight excluding hydrogens is 316 g/mol. The molecule has 1 aromatic carbocycles. The Kier molecular flexibility index (Phi) is 4.80. The van der Waals surface area contributed by atoms with Crippen molar-refractivity contribution in [1.82, 2.24) is 9.29 Å². The Hall–Kier alpha value is -0.950. The molecule has 0 bridgehead atoms. The van der Waals surface area contributed by atoms with Crippen molar-refractivity contribution in [2.45, 2.75) is 24.2 Å². The molecule has 2 aromatic rings. The highest BCUT2D eigenvalue weighted by Gasteiger charge is 2.21. The van der Waals surface area contributed by atoms with Crippen molar-refractivity contribution in [3.05, 3.63) is 45.9 Å². The Morgan fingerprint density at radius 3 is 2.45 bits per heavy atom. The van der Waals surface area contributed by atoms with Crippen LogP contribution >= 0.6 is 22.9 Å². The second kappa shape index (κ2) is 6.22. The van der Waals surface area contributed by atoms with Gasteiger partial charge in [-0.05, 0) is 24.6 Å². The van der Waals surface area contributed by atoms with Gasteiger partial charge in [-0.1, -0.05) is 12.1 Å². The van der Waals surface area contributed by atoms with Crippen LogP contribution in [0.2, 0.25) is 0 Å². The zero-order valence-corrected chi connectivity index (χ0v) is 13.6. The second-order valence-electron chi connectivity index (χ2n) is 4.40. The van der Waals surface area contributed by atoms with E-state index in [4.69, 9.17) is 11.6 Å². The minimum atomic E-state index is -3.49. The first kappa shape index (κ1) is 15.4. The molecular formula is C13H15ClN2O2S2. The zero-order valence-electron chi connectivity index (χ0n) is 11.2. The predicted octanol–water partition coefficient (Wildman–Crippen LogP) is 3.01. The van der Waals surface area contributed by atoms with E-state index in [1.165, 1.54) is 15.6 Å². The average Bonchev–Trinajstić information content (AvgIpc) is 2.84. The van der Waals surface area contributed by atoms with Crippen LogP contribution in [-0.2, 0) is 22.4 Å².